The first kappa shape index (κ1) is 51.0. The number of methoxy groups -OCH3 is 1. The molecule has 10 N–H and O–H groups in total. The molecule has 9 aliphatic rings. The number of aryl methyl sites for hydroxylation is 1. The highest BCUT2D eigenvalue weighted by atomic mass is 16.5. The van der Waals surface area contributed by atoms with Crippen molar-refractivity contribution in [2.45, 2.75) is 150 Å². The summed E-state index contributed by atoms with van der Waals surface area (Å²) in [5, 5.41) is 62.6. The van der Waals surface area contributed by atoms with E-state index in [1.807, 2.05) is 18.2 Å². The number of ketones is 2. The van der Waals surface area contributed by atoms with Crippen LogP contribution in [0.5, 0.6) is 11.5 Å². The van der Waals surface area contributed by atoms with Gasteiger partial charge in [0.1, 0.15) is 11.2 Å². The van der Waals surface area contributed by atoms with Crippen molar-refractivity contribution in [3.05, 3.63) is 118 Å². The zero-order valence-corrected chi connectivity index (χ0v) is 44.9. The van der Waals surface area contributed by atoms with Crippen LogP contribution < -0.4 is 26.4 Å². The van der Waals surface area contributed by atoms with Gasteiger partial charge in [-0.3, -0.25) is 9.59 Å². The van der Waals surface area contributed by atoms with E-state index in [2.05, 4.69) is 88.4 Å². The number of ether oxygens (including phenoxy) is 1. The van der Waals surface area contributed by atoms with E-state index >= 15 is 4.79 Å². The quantitative estimate of drug-likeness (QED) is 0.0657. The third kappa shape index (κ3) is 8.77. The SMILES string of the molecule is COc1cc2c(cc1O)C(CC(O)C(O)CC(C1=CCNC(N)=C1)c1ccc3ccccc3c1)C#CC1(CCC3C(CCC4C5CNC6CC(=O)CC7c8cc[nH]c8C(C(CNC8(C)CCCC8)C43)C5C67)C1O)C(=O)CC2. The van der Waals surface area contributed by atoms with Crippen molar-refractivity contribution in [1.82, 2.24) is 20.9 Å². The first-order valence-electron chi connectivity index (χ1n) is 29.4. The number of fused-ring (bicyclic) bond motifs is 9. The number of hydrogen-bond donors (Lipinski definition) is 9. The smallest absolute Gasteiger partial charge is 0.160 e. The lowest BCUT2D eigenvalue weighted by Gasteiger charge is -2.66. The summed E-state index contributed by atoms with van der Waals surface area (Å²) in [6.07, 6.45) is 12.6. The number of allylic oxidation sites excluding steroid dienone is 2. The van der Waals surface area contributed by atoms with Crippen molar-refractivity contribution in [1.29, 1.82) is 0 Å². The number of carbonyl (C=O) groups excluding carboxylic acids is 2. The van der Waals surface area contributed by atoms with E-state index in [0.29, 0.717) is 90.8 Å². The number of aromatic hydroxyl groups is 1. The molecule has 17 unspecified atom stereocenters. The van der Waals surface area contributed by atoms with Gasteiger partial charge in [-0.1, -0.05) is 73.2 Å². The van der Waals surface area contributed by atoms with Crippen LogP contribution in [0, 0.1) is 64.6 Å². The zero-order valence-electron chi connectivity index (χ0n) is 44.9. The normalized spacial score (nSPS) is 35.8. The van der Waals surface area contributed by atoms with Crippen molar-refractivity contribution < 1.29 is 34.8 Å². The Labute approximate surface area is 453 Å². The number of hydrogen-bond acceptors (Lipinski definition) is 11. The summed E-state index contributed by atoms with van der Waals surface area (Å²) in [6.45, 7) is 4.79. The van der Waals surface area contributed by atoms with E-state index in [9.17, 15) is 25.2 Å². The monoisotopic (exact) mass is 1040 g/mol. The Bertz CT molecular complexity index is 3070. The van der Waals surface area contributed by atoms with Crippen molar-refractivity contribution in [3.63, 3.8) is 0 Å². The first-order chi connectivity index (χ1) is 37.3. The van der Waals surface area contributed by atoms with Gasteiger partial charge in [0, 0.05) is 67.0 Å². The van der Waals surface area contributed by atoms with Gasteiger partial charge in [-0.15, -0.1) is 0 Å². The van der Waals surface area contributed by atoms with Crippen LogP contribution in [-0.2, 0) is 16.0 Å². The number of Topliss-reactive ketones (excluding diaryl/α,β-unsaturated/α-hetero) is 2. The van der Waals surface area contributed by atoms with Gasteiger partial charge in [-0.2, -0.15) is 0 Å². The average Bonchev–Trinajstić information content (AvgIpc) is 4.32. The molecule has 3 heterocycles. The largest absolute Gasteiger partial charge is 0.504 e. The molecule has 0 bridgehead atoms. The van der Waals surface area contributed by atoms with Crippen molar-refractivity contribution >= 4 is 22.3 Å². The number of nitrogens with two attached hydrogens (primary N) is 1. The summed E-state index contributed by atoms with van der Waals surface area (Å²) in [5.74, 6) is 10.3. The number of aromatic nitrogens is 1. The summed E-state index contributed by atoms with van der Waals surface area (Å²) >= 11 is 0. The molecule has 4 aromatic rings. The Kier molecular flexibility index (Phi) is 13.3. The Morgan fingerprint density at radius 1 is 0.883 bits per heavy atom. The van der Waals surface area contributed by atoms with Gasteiger partial charge in [0.2, 0.25) is 0 Å². The molecule has 13 rings (SSSR count). The second-order valence-corrected chi connectivity index (χ2v) is 25.6. The van der Waals surface area contributed by atoms with E-state index in [0.717, 1.165) is 59.8 Å². The summed E-state index contributed by atoms with van der Waals surface area (Å²) in [6, 6.07) is 20.4. The lowest BCUT2D eigenvalue weighted by molar-refractivity contribution is -0.165. The molecule has 3 aromatic carbocycles. The van der Waals surface area contributed by atoms with Gasteiger partial charge in [0.25, 0.3) is 0 Å². The molecular weight excluding hydrogens is 963 g/mol. The van der Waals surface area contributed by atoms with E-state index in [4.69, 9.17) is 10.5 Å². The molecule has 6 fully saturated rings. The van der Waals surface area contributed by atoms with Crippen molar-refractivity contribution in [3.8, 4) is 23.3 Å². The molecule has 406 valence electrons. The minimum atomic E-state index is -1.32. The lowest BCUT2D eigenvalue weighted by atomic mass is 9.40. The Hall–Kier alpha value is -5.42. The van der Waals surface area contributed by atoms with E-state index in [-0.39, 0.29) is 71.8 Å². The molecule has 12 nitrogen and oxygen atoms in total. The van der Waals surface area contributed by atoms with Crippen LogP contribution in [0.25, 0.3) is 10.8 Å². The Balaban J connectivity index is 0.830. The second kappa shape index (κ2) is 20.0. The van der Waals surface area contributed by atoms with Crippen LogP contribution in [0.4, 0.5) is 0 Å². The topological polar surface area (TPSA) is 202 Å². The predicted octanol–water partition coefficient (Wildman–Crippen LogP) is 8.12. The summed E-state index contributed by atoms with van der Waals surface area (Å²) in [4.78, 5) is 32.4. The highest BCUT2D eigenvalue weighted by Crippen LogP contribution is 2.68. The minimum Gasteiger partial charge on any atom is -0.504 e. The number of dihydropyridines is 1. The van der Waals surface area contributed by atoms with Crippen LogP contribution in [0.3, 0.4) is 0 Å². The number of benzene rings is 3. The van der Waals surface area contributed by atoms with Crippen LogP contribution in [0.1, 0.15) is 142 Å². The molecule has 7 aliphatic carbocycles. The number of nitrogens with one attached hydrogen (secondary N) is 4. The van der Waals surface area contributed by atoms with Gasteiger partial charge in [-0.25, -0.2) is 0 Å². The van der Waals surface area contributed by atoms with Gasteiger partial charge in [0.15, 0.2) is 17.3 Å². The molecule has 0 radical (unpaired) electrons. The molecule has 1 aromatic heterocycles. The standard InChI is InChI=1S/C65H79N5O7/c1-64(19-5-6-20-64)70-34-50-58-42(49-33-69-51-30-41(71)29-48-44-18-24-68-62(44)61(50)60(49)59(48)51)12-13-45-43(58)16-22-65(63(45)76)21-15-39(47-32-54(74)55(77-2)27-38(47)11-14-56(65)75)26-52(72)53(73)31-46(40-17-23-67-57(66)28-40)37-10-9-35-7-3-4-8-36(35)25-37/h3-4,7-10,17-18,24-25,27-28,32,39,42-43,45-46,48-53,58-61,63,67-70,72-74,76H,5-6,11-14,16,19-20,22-23,26,29-31,33-34,66H2,1-2H3. The second-order valence-electron chi connectivity index (χ2n) is 25.6. The highest BCUT2D eigenvalue weighted by Gasteiger charge is 2.66. The van der Waals surface area contributed by atoms with Crippen LogP contribution in [0.15, 0.2) is 90.4 Å². The predicted molar refractivity (Wildman–Crippen MR) is 297 cm³/mol. The molecule has 12 heteroatoms. The maximum atomic E-state index is 15.2. The number of carbonyl (C=O) groups is 2. The number of aliphatic hydroxyl groups is 3. The molecule has 17 atom stereocenters. The number of H-pyrrole nitrogens is 1. The number of aromatic amines is 1. The summed E-state index contributed by atoms with van der Waals surface area (Å²) in [5.41, 5.74) is 11.2. The van der Waals surface area contributed by atoms with Gasteiger partial charge in [0.05, 0.1) is 31.2 Å². The molecular formula is C65H79N5O7. The van der Waals surface area contributed by atoms with E-state index in [1.54, 1.807) is 12.1 Å². The zero-order chi connectivity index (χ0) is 52.9. The van der Waals surface area contributed by atoms with Crippen LogP contribution >= 0.6 is 0 Å². The lowest BCUT2D eigenvalue weighted by Crippen LogP contribution is -2.67. The third-order valence-corrected chi connectivity index (χ3v) is 21.8. The fourth-order valence-corrected chi connectivity index (χ4v) is 18.3. The molecule has 0 amide bonds. The maximum absolute atomic E-state index is 15.2. The van der Waals surface area contributed by atoms with Crippen molar-refractivity contribution in [2.75, 3.05) is 26.7 Å². The summed E-state index contributed by atoms with van der Waals surface area (Å²) in [7, 11) is 1.51. The Morgan fingerprint density at radius 2 is 1.69 bits per heavy atom. The van der Waals surface area contributed by atoms with E-state index < -0.39 is 29.6 Å². The average molecular weight is 1040 g/mol. The number of phenols is 1. The maximum Gasteiger partial charge on any atom is 0.160 e. The number of aliphatic hydroxyl groups excluding tert-OH is 3. The van der Waals surface area contributed by atoms with Gasteiger partial charge in [-0.05, 0) is 194 Å². The molecule has 1 saturated heterocycles. The molecule has 5 saturated carbocycles. The molecule has 2 aliphatic heterocycles. The number of phenolic OH excluding ortho intramolecular Hbond substituents is 1. The van der Waals surface area contributed by atoms with Gasteiger partial charge < -0.3 is 51.8 Å². The fourth-order valence-electron chi connectivity index (χ4n) is 18.3. The fraction of sp³-hybridized carbons (Fsp3) is 0.569. The molecule has 1 spiro atoms. The van der Waals surface area contributed by atoms with Crippen LogP contribution in [0.2, 0.25) is 0 Å². The first-order valence-corrected chi connectivity index (χ1v) is 29.4. The van der Waals surface area contributed by atoms with Crippen LogP contribution in [-0.4, -0.2) is 93.6 Å². The Morgan fingerprint density at radius 3 is 2.51 bits per heavy atom. The number of rotatable bonds is 11. The van der Waals surface area contributed by atoms with E-state index in [1.165, 1.54) is 44.1 Å². The minimum absolute atomic E-state index is 0.0370. The molecule has 77 heavy (non-hydrogen) atoms. The highest BCUT2D eigenvalue weighted by molar-refractivity contribution is 5.89. The summed E-state index contributed by atoms with van der Waals surface area (Å²) < 4.78 is 5.61. The number of piperidine rings is 1. The van der Waals surface area contributed by atoms with Crippen molar-refractivity contribution in [2.24, 2.45) is 58.5 Å². The third-order valence-electron chi connectivity index (χ3n) is 21.8. The van der Waals surface area contributed by atoms with Gasteiger partial charge >= 0.3 is 0 Å².